The summed E-state index contributed by atoms with van der Waals surface area (Å²) in [4.78, 5) is 16.1. The lowest BCUT2D eigenvalue weighted by molar-refractivity contribution is -0.274. The van der Waals surface area contributed by atoms with Gasteiger partial charge in [-0.15, -0.1) is 23.4 Å². The smallest absolute Gasteiger partial charge is 0.406 e. The van der Waals surface area contributed by atoms with Crippen molar-refractivity contribution in [3.05, 3.63) is 64.6 Å². The van der Waals surface area contributed by atoms with Crippen LogP contribution in [0.25, 0.3) is 11.3 Å². The second kappa shape index (κ2) is 9.94. The van der Waals surface area contributed by atoms with Gasteiger partial charge in [-0.3, -0.25) is 0 Å². The third kappa shape index (κ3) is 6.00. The lowest BCUT2D eigenvalue weighted by Crippen LogP contribution is -2.50. The number of urea groups is 1. The van der Waals surface area contributed by atoms with Gasteiger partial charge in [0.2, 0.25) is 0 Å². The van der Waals surface area contributed by atoms with Gasteiger partial charge in [0.15, 0.2) is 5.82 Å². The predicted octanol–water partition coefficient (Wildman–Crippen LogP) is 5.70. The molecule has 1 N–H and O–H groups in total. The first-order valence-corrected chi connectivity index (χ1v) is 10.9. The number of nitrogens with zero attached hydrogens (tertiary/aromatic N) is 4. The van der Waals surface area contributed by atoms with Crippen LogP contribution in [0.2, 0.25) is 10.0 Å². The molecular weight excluding hydrogens is 494 g/mol. The van der Waals surface area contributed by atoms with E-state index < -0.39 is 6.36 Å². The lowest BCUT2D eigenvalue weighted by atomic mass is 10.1. The first kappa shape index (κ1) is 23.9. The van der Waals surface area contributed by atoms with Gasteiger partial charge >= 0.3 is 12.4 Å². The summed E-state index contributed by atoms with van der Waals surface area (Å²) in [6.07, 6.45) is -4.77. The van der Waals surface area contributed by atoms with Crippen LogP contribution < -0.4 is 15.0 Å². The summed E-state index contributed by atoms with van der Waals surface area (Å²) in [6, 6.07) is 13.4. The fraction of sp³-hybridized carbons (Fsp3) is 0.227. The highest BCUT2D eigenvalue weighted by molar-refractivity contribution is 6.36. The monoisotopic (exact) mass is 511 g/mol. The van der Waals surface area contributed by atoms with E-state index in [4.69, 9.17) is 23.2 Å². The Bertz CT molecular complexity index is 1150. The number of benzene rings is 2. The molecule has 2 heterocycles. The third-order valence-corrected chi connectivity index (χ3v) is 5.64. The molecule has 1 aromatic heterocycles. The van der Waals surface area contributed by atoms with E-state index in [0.29, 0.717) is 53.4 Å². The van der Waals surface area contributed by atoms with Crippen LogP contribution in [0.5, 0.6) is 5.75 Å². The number of nitrogens with one attached hydrogen (secondary N) is 1. The maximum absolute atomic E-state index is 12.5. The van der Waals surface area contributed by atoms with E-state index in [1.165, 1.54) is 12.1 Å². The number of amides is 2. The predicted molar refractivity (Wildman–Crippen MR) is 123 cm³/mol. The van der Waals surface area contributed by atoms with E-state index in [9.17, 15) is 18.0 Å². The zero-order chi connectivity index (χ0) is 24.3. The van der Waals surface area contributed by atoms with Gasteiger partial charge in [-0.05, 0) is 54.6 Å². The molecule has 0 radical (unpaired) electrons. The Morgan fingerprint density at radius 2 is 1.65 bits per heavy atom. The van der Waals surface area contributed by atoms with E-state index in [0.717, 1.165) is 17.7 Å². The zero-order valence-corrected chi connectivity index (χ0v) is 19.0. The third-order valence-electron chi connectivity index (χ3n) is 5.09. The van der Waals surface area contributed by atoms with E-state index in [2.05, 4.69) is 20.3 Å². The summed E-state index contributed by atoms with van der Waals surface area (Å²) in [5.41, 5.74) is 1.71. The number of carbonyl (C=O) groups is 1. The van der Waals surface area contributed by atoms with Crippen molar-refractivity contribution in [2.45, 2.75) is 6.36 Å². The topological polar surface area (TPSA) is 70.6 Å². The SMILES string of the molecule is O=C(Nc1ccc(OC(F)(F)F)cc1)N1CCN(c2ccc(-c3ccc(Cl)cc3Cl)nn2)CC1. The molecule has 0 unspecified atom stereocenters. The Labute approximate surface area is 203 Å². The van der Waals surface area contributed by atoms with E-state index in [1.807, 2.05) is 17.0 Å². The highest BCUT2D eigenvalue weighted by atomic mass is 35.5. The van der Waals surface area contributed by atoms with Crippen molar-refractivity contribution >= 4 is 40.7 Å². The Balaban J connectivity index is 1.31. The average Bonchev–Trinajstić information content (AvgIpc) is 2.80. The standard InChI is InChI=1S/C22H18Cl2F3N5O2/c23-14-1-6-17(18(24)13-14)19-7-8-20(30-29-19)31-9-11-32(12-10-31)21(33)28-15-2-4-16(5-3-15)34-22(25,26)27/h1-8,13H,9-12H2,(H,28,33). The molecule has 1 fully saturated rings. The van der Waals surface area contributed by atoms with Crippen LogP contribution >= 0.6 is 23.2 Å². The Kier molecular flexibility index (Phi) is 6.99. The molecule has 0 aliphatic carbocycles. The number of rotatable bonds is 4. The van der Waals surface area contributed by atoms with Crippen molar-refractivity contribution in [2.75, 3.05) is 36.4 Å². The first-order valence-electron chi connectivity index (χ1n) is 10.1. The van der Waals surface area contributed by atoms with Crippen LogP contribution in [0.1, 0.15) is 0 Å². The summed E-state index contributed by atoms with van der Waals surface area (Å²) in [5.74, 6) is 0.318. The van der Waals surface area contributed by atoms with Crippen LogP contribution in [-0.4, -0.2) is 53.7 Å². The van der Waals surface area contributed by atoms with Gasteiger partial charge in [0.25, 0.3) is 0 Å². The van der Waals surface area contributed by atoms with E-state index in [1.54, 1.807) is 23.1 Å². The molecule has 1 aliphatic rings. The molecule has 178 valence electrons. The number of piperazine rings is 1. The van der Waals surface area contributed by atoms with Crippen molar-refractivity contribution in [3.8, 4) is 17.0 Å². The molecule has 2 aromatic carbocycles. The minimum atomic E-state index is -4.77. The molecule has 1 saturated heterocycles. The average molecular weight is 512 g/mol. The molecule has 0 spiro atoms. The molecule has 0 bridgehead atoms. The van der Waals surface area contributed by atoms with Crippen LogP contribution in [0, 0.1) is 0 Å². The first-order chi connectivity index (χ1) is 16.2. The fourth-order valence-corrected chi connectivity index (χ4v) is 3.92. The number of hydrogen-bond donors (Lipinski definition) is 1. The number of aromatic nitrogens is 2. The number of hydrogen-bond acceptors (Lipinski definition) is 5. The van der Waals surface area contributed by atoms with Crippen molar-refractivity contribution < 1.29 is 22.7 Å². The second-order valence-electron chi connectivity index (χ2n) is 7.38. The number of alkyl halides is 3. The molecule has 12 heteroatoms. The van der Waals surface area contributed by atoms with Crippen molar-refractivity contribution in [2.24, 2.45) is 0 Å². The van der Waals surface area contributed by atoms with E-state index in [-0.39, 0.29) is 11.8 Å². The summed E-state index contributed by atoms with van der Waals surface area (Å²) in [7, 11) is 0. The number of ether oxygens (including phenoxy) is 1. The lowest BCUT2D eigenvalue weighted by Gasteiger charge is -2.35. The van der Waals surface area contributed by atoms with Crippen molar-refractivity contribution in [3.63, 3.8) is 0 Å². The fourth-order valence-electron chi connectivity index (χ4n) is 3.42. The largest absolute Gasteiger partial charge is 0.573 e. The maximum Gasteiger partial charge on any atom is 0.573 e. The van der Waals surface area contributed by atoms with Gasteiger partial charge in [-0.25, -0.2) is 4.79 Å². The summed E-state index contributed by atoms with van der Waals surface area (Å²) in [6.45, 7) is 1.96. The highest BCUT2D eigenvalue weighted by Gasteiger charge is 2.31. The van der Waals surface area contributed by atoms with Crippen molar-refractivity contribution in [1.29, 1.82) is 0 Å². The Hall–Kier alpha value is -3.24. The van der Waals surface area contributed by atoms with Crippen LogP contribution in [0.4, 0.5) is 29.5 Å². The quantitative estimate of drug-likeness (QED) is 0.486. The van der Waals surface area contributed by atoms with Gasteiger partial charge in [-0.2, -0.15) is 0 Å². The second-order valence-corrected chi connectivity index (χ2v) is 8.22. The van der Waals surface area contributed by atoms with E-state index >= 15 is 0 Å². The maximum atomic E-state index is 12.5. The normalized spacial score (nSPS) is 14.1. The van der Waals surface area contributed by atoms with Crippen LogP contribution in [0.3, 0.4) is 0 Å². The number of anilines is 2. The minimum Gasteiger partial charge on any atom is -0.406 e. The van der Waals surface area contributed by atoms with Gasteiger partial charge in [0, 0.05) is 42.5 Å². The van der Waals surface area contributed by atoms with Gasteiger partial charge in [0.1, 0.15) is 5.75 Å². The Morgan fingerprint density at radius 3 is 2.24 bits per heavy atom. The molecular formula is C22H18Cl2F3N5O2. The van der Waals surface area contributed by atoms with Crippen LogP contribution in [-0.2, 0) is 0 Å². The summed E-state index contributed by atoms with van der Waals surface area (Å²) >= 11 is 12.2. The van der Waals surface area contributed by atoms with Crippen LogP contribution in [0.15, 0.2) is 54.6 Å². The molecule has 34 heavy (non-hydrogen) atoms. The molecule has 1 aliphatic heterocycles. The molecule has 7 nitrogen and oxygen atoms in total. The molecule has 2 amide bonds. The molecule has 3 aromatic rings. The van der Waals surface area contributed by atoms with Crippen molar-refractivity contribution in [1.82, 2.24) is 15.1 Å². The Morgan fingerprint density at radius 1 is 0.941 bits per heavy atom. The molecule has 4 rings (SSSR count). The summed E-state index contributed by atoms with van der Waals surface area (Å²) < 4.78 is 40.6. The van der Waals surface area contributed by atoms with Gasteiger partial charge < -0.3 is 19.9 Å². The van der Waals surface area contributed by atoms with Gasteiger partial charge in [-0.1, -0.05) is 23.2 Å². The molecule has 0 atom stereocenters. The number of halogens is 5. The highest BCUT2D eigenvalue weighted by Crippen LogP contribution is 2.29. The zero-order valence-electron chi connectivity index (χ0n) is 17.5. The number of carbonyl (C=O) groups excluding carboxylic acids is 1. The molecule has 0 saturated carbocycles. The summed E-state index contributed by atoms with van der Waals surface area (Å²) in [5, 5.41) is 12.2. The van der Waals surface area contributed by atoms with Gasteiger partial charge in [0.05, 0.1) is 10.7 Å². The minimum absolute atomic E-state index is 0.344.